The number of aliphatic carboxylic acids is 1. The molecule has 17 heavy (non-hydrogen) atoms. The van der Waals surface area contributed by atoms with E-state index in [0.717, 1.165) is 17.5 Å². The van der Waals surface area contributed by atoms with Gasteiger partial charge in [0, 0.05) is 0 Å². The third-order valence-corrected chi connectivity index (χ3v) is 3.15. The zero-order chi connectivity index (χ0) is 13.1. The molecule has 1 aromatic rings. The van der Waals surface area contributed by atoms with Crippen LogP contribution in [0.4, 0.5) is 0 Å². The standard InChI is InChI=1S/C14H20O3/c1-4-7-14(17,9-13(15)16)12-6-5-10(2)11(3)8-12/h5-6,8,17H,4,7,9H2,1-3H3,(H,15,16). The van der Waals surface area contributed by atoms with E-state index >= 15 is 0 Å². The van der Waals surface area contributed by atoms with Crippen LogP contribution in [0, 0.1) is 13.8 Å². The summed E-state index contributed by atoms with van der Waals surface area (Å²) in [5.41, 5.74) is 1.66. The summed E-state index contributed by atoms with van der Waals surface area (Å²) in [5, 5.41) is 19.4. The molecule has 1 rings (SSSR count). The Labute approximate surface area is 102 Å². The maximum atomic E-state index is 10.9. The number of rotatable bonds is 5. The van der Waals surface area contributed by atoms with Gasteiger partial charge < -0.3 is 10.2 Å². The van der Waals surface area contributed by atoms with E-state index < -0.39 is 11.6 Å². The van der Waals surface area contributed by atoms with Gasteiger partial charge in [0.1, 0.15) is 5.60 Å². The zero-order valence-electron chi connectivity index (χ0n) is 10.7. The Kier molecular flexibility index (Phi) is 4.29. The second-order valence-electron chi connectivity index (χ2n) is 4.65. The highest BCUT2D eigenvalue weighted by Crippen LogP contribution is 2.31. The lowest BCUT2D eigenvalue weighted by Gasteiger charge is -2.27. The molecule has 0 aliphatic heterocycles. The predicted octanol–water partition coefficient (Wildman–Crippen LogP) is 2.77. The van der Waals surface area contributed by atoms with Gasteiger partial charge in [-0.3, -0.25) is 4.79 Å². The van der Waals surface area contributed by atoms with E-state index in [2.05, 4.69) is 0 Å². The van der Waals surface area contributed by atoms with Gasteiger partial charge in [-0.1, -0.05) is 31.5 Å². The highest BCUT2D eigenvalue weighted by atomic mass is 16.4. The molecule has 0 fully saturated rings. The van der Waals surface area contributed by atoms with E-state index in [4.69, 9.17) is 5.11 Å². The van der Waals surface area contributed by atoms with Gasteiger partial charge in [0.15, 0.2) is 0 Å². The maximum absolute atomic E-state index is 10.9. The van der Waals surface area contributed by atoms with Crippen molar-refractivity contribution in [3.05, 3.63) is 34.9 Å². The first-order chi connectivity index (χ1) is 7.89. The molecule has 94 valence electrons. The van der Waals surface area contributed by atoms with Crippen molar-refractivity contribution in [2.45, 2.75) is 45.6 Å². The van der Waals surface area contributed by atoms with Crippen LogP contribution in [0.15, 0.2) is 18.2 Å². The van der Waals surface area contributed by atoms with Crippen molar-refractivity contribution in [2.24, 2.45) is 0 Å². The first-order valence-corrected chi connectivity index (χ1v) is 5.91. The molecule has 1 aromatic carbocycles. The summed E-state index contributed by atoms with van der Waals surface area (Å²) in [6.45, 7) is 5.90. The molecule has 0 aliphatic rings. The molecule has 0 aliphatic carbocycles. The van der Waals surface area contributed by atoms with E-state index in [9.17, 15) is 9.90 Å². The molecule has 0 saturated heterocycles. The lowest BCUT2D eigenvalue weighted by Crippen LogP contribution is -2.29. The van der Waals surface area contributed by atoms with Crippen LogP contribution in [0.5, 0.6) is 0 Å². The minimum atomic E-state index is -1.25. The summed E-state index contributed by atoms with van der Waals surface area (Å²) in [4.78, 5) is 10.9. The van der Waals surface area contributed by atoms with E-state index in [1.54, 1.807) is 0 Å². The molecule has 0 amide bonds. The van der Waals surface area contributed by atoms with E-state index in [1.165, 1.54) is 0 Å². The monoisotopic (exact) mass is 236 g/mol. The Balaban J connectivity index is 3.12. The van der Waals surface area contributed by atoms with Gasteiger partial charge in [-0.25, -0.2) is 0 Å². The maximum Gasteiger partial charge on any atom is 0.306 e. The topological polar surface area (TPSA) is 57.5 Å². The van der Waals surface area contributed by atoms with Crippen molar-refractivity contribution in [1.82, 2.24) is 0 Å². The first kappa shape index (κ1) is 13.7. The number of aliphatic hydroxyl groups is 1. The quantitative estimate of drug-likeness (QED) is 0.826. The minimum Gasteiger partial charge on any atom is -0.481 e. The SMILES string of the molecule is CCCC(O)(CC(=O)O)c1ccc(C)c(C)c1. The molecule has 0 heterocycles. The second kappa shape index (κ2) is 5.32. The first-order valence-electron chi connectivity index (χ1n) is 5.91. The van der Waals surface area contributed by atoms with Crippen LogP contribution in [0.3, 0.4) is 0 Å². The van der Waals surface area contributed by atoms with Crippen molar-refractivity contribution < 1.29 is 15.0 Å². The van der Waals surface area contributed by atoms with Crippen LogP contribution in [0.1, 0.15) is 42.9 Å². The fourth-order valence-electron chi connectivity index (χ4n) is 2.03. The van der Waals surface area contributed by atoms with Gasteiger partial charge in [-0.15, -0.1) is 0 Å². The lowest BCUT2D eigenvalue weighted by molar-refractivity contribution is -0.143. The number of carbonyl (C=O) groups is 1. The van der Waals surface area contributed by atoms with Crippen molar-refractivity contribution in [3.63, 3.8) is 0 Å². The normalized spacial score (nSPS) is 14.4. The summed E-state index contributed by atoms with van der Waals surface area (Å²) in [6, 6.07) is 5.63. The van der Waals surface area contributed by atoms with Gasteiger partial charge in [0.05, 0.1) is 6.42 Å². The third kappa shape index (κ3) is 3.30. The molecule has 3 nitrogen and oxygen atoms in total. The summed E-state index contributed by atoms with van der Waals surface area (Å²) in [7, 11) is 0. The van der Waals surface area contributed by atoms with E-state index in [1.807, 2.05) is 39.0 Å². The summed E-state index contributed by atoms with van der Waals surface area (Å²) >= 11 is 0. The Morgan fingerprint density at radius 1 is 1.29 bits per heavy atom. The third-order valence-electron chi connectivity index (χ3n) is 3.15. The largest absolute Gasteiger partial charge is 0.481 e. The fourth-order valence-corrected chi connectivity index (χ4v) is 2.03. The van der Waals surface area contributed by atoms with Crippen molar-refractivity contribution in [2.75, 3.05) is 0 Å². The van der Waals surface area contributed by atoms with Crippen LogP contribution < -0.4 is 0 Å². The average Bonchev–Trinajstić information content (AvgIpc) is 2.21. The summed E-state index contributed by atoms with van der Waals surface area (Å²) in [5.74, 6) is -0.973. The average molecular weight is 236 g/mol. The minimum absolute atomic E-state index is 0.247. The number of hydrogen-bond acceptors (Lipinski definition) is 2. The number of carboxylic acid groups (broad SMARTS) is 1. The van der Waals surface area contributed by atoms with Crippen LogP contribution in [0.25, 0.3) is 0 Å². The molecular weight excluding hydrogens is 216 g/mol. The number of hydrogen-bond donors (Lipinski definition) is 2. The highest BCUT2D eigenvalue weighted by Gasteiger charge is 2.31. The van der Waals surface area contributed by atoms with Gasteiger partial charge in [0.25, 0.3) is 0 Å². The van der Waals surface area contributed by atoms with E-state index in [0.29, 0.717) is 12.0 Å². The molecule has 3 heteroatoms. The number of benzene rings is 1. The summed E-state index contributed by atoms with van der Waals surface area (Å²) in [6.07, 6.45) is 0.960. The Bertz CT molecular complexity index is 412. The fraction of sp³-hybridized carbons (Fsp3) is 0.500. The van der Waals surface area contributed by atoms with Gasteiger partial charge in [-0.05, 0) is 37.0 Å². The molecule has 0 spiro atoms. The molecule has 1 atom stereocenters. The van der Waals surface area contributed by atoms with Crippen LogP contribution in [-0.4, -0.2) is 16.2 Å². The Morgan fingerprint density at radius 3 is 2.41 bits per heavy atom. The van der Waals surface area contributed by atoms with Gasteiger partial charge in [0.2, 0.25) is 0 Å². The lowest BCUT2D eigenvalue weighted by atomic mass is 9.85. The molecular formula is C14H20O3. The molecule has 0 aromatic heterocycles. The van der Waals surface area contributed by atoms with Crippen molar-refractivity contribution >= 4 is 5.97 Å². The van der Waals surface area contributed by atoms with Gasteiger partial charge in [-0.2, -0.15) is 0 Å². The van der Waals surface area contributed by atoms with Crippen molar-refractivity contribution in [1.29, 1.82) is 0 Å². The smallest absolute Gasteiger partial charge is 0.306 e. The Morgan fingerprint density at radius 2 is 1.94 bits per heavy atom. The van der Waals surface area contributed by atoms with Crippen LogP contribution in [0.2, 0.25) is 0 Å². The molecule has 2 N–H and O–H groups in total. The molecule has 0 bridgehead atoms. The molecule has 1 unspecified atom stereocenters. The second-order valence-corrected chi connectivity index (χ2v) is 4.65. The predicted molar refractivity (Wildman–Crippen MR) is 67.0 cm³/mol. The van der Waals surface area contributed by atoms with Gasteiger partial charge >= 0.3 is 5.97 Å². The highest BCUT2D eigenvalue weighted by molar-refractivity contribution is 5.68. The summed E-state index contributed by atoms with van der Waals surface area (Å²) < 4.78 is 0. The van der Waals surface area contributed by atoms with Crippen molar-refractivity contribution in [3.8, 4) is 0 Å². The Hall–Kier alpha value is -1.35. The number of carboxylic acids is 1. The number of aryl methyl sites for hydroxylation is 2. The van der Waals surface area contributed by atoms with Crippen LogP contribution in [-0.2, 0) is 10.4 Å². The van der Waals surface area contributed by atoms with Crippen LogP contribution >= 0.6 is 0 Å². The van der Waals surface area contributed by atoms with E-state index in [-0.39, 0.29) is 6.42 Å². The molecule has 0 radical (unpaired) electrons. The molecule has 0 saturated carbocycles. The zero-order valence-corrected chi connectivity index (χ0v) is 10.7.